The summed E-state index contributed by atoms with van der Waals surface area (Å²) in [5.41, 5.74) is 3.17. The third kappa shape index (κ3) is 4.69. The second-order valence-corrected chi connectivity index (χ2v) is 9.43. The third-order valence-corrected chi connectivity index (χ3v) is 6.53. The Morgan fingerprint density at radius 3 is 2.25 bits per heavy atom. The van der Waals surface area contributed by atoms with E-state index in [1.807, 2.05) is 27.7 Å². The number of carbonyl (C=O) groups is 2. The van der Waals surface area contributed by atoms with Crippen LogP contribution in [0, 0.1) is 13.8 Å². The summed E-state index contributed by atoms with van der Waals surface area (Å²) >= 11 is 6.36. The van der Waals surface area contributed by atoms with Crippen LogP contribution in [0.3, 0.4) is 0 Å². The Labute approximate surface area is 215 Å². The van der Waals surface area contributed by atoms with Gasteiger partial charge in [-0.1, -0.05) is 29.8 Å². The number of aliphatic hydroxyl groups is 1. The Hall–Kier alpha value is -3.77. The van der Waals surface area contributed by atoms with Crippen LogP contribution >= 0.6 is 11.6 Å². The van der Waals surface area contributed by atoms with Gasteiger partial charge in [0.1, 0.15) is 17.3 Å². The van der Waals surface area contributed by atoms with Crippen molar-refractivity contribution in [3.8, 4) is 11.5 Å². The fourth-order valence-electron chi connectivity index (χ4n) is 4.27. The van der Waals surface area contributed by atoms with Crippen molar-refractivity contribution in [3.05, 3.63) is 93.5 Å². The van der Waals surface area contributed by atoms with Crippen LogP contribution in [0.2, 0.25) is 5.02 Å². The molecule has 1 saturated heterocycles. The van der Waals surface area contributed by atoms with E-state index >= 15 is 0 Å². The molecular formula is C29H28ClNO5. The molecule has 1 unspecified atom stereocenters. The quantitative estimate of drug-likeness (QED) is 0.239. The molecule has 3 aromatic rings. The number of benzene rings is 3. The van der Waals surface area contributed by atoms with Crippen molar-refractivity contribution in [3.63, 3.8) is 0 Å². The normalized spacial score (nSPS) is 17.1. The summed E-state index contributed by atoms with van der Waals surface area (Å²) in [5.74, 6) is -0.457. The summed E-state index contributed by atoms with van der Waals surface area (Å²) < 4.78 is 11.1. The first-order valence-corrected chi connectivity index (χ1v) is 12.0. The van der Waals surface area contributed by atoms with Gasteiger partial charge in [-0.25, -0.2) is 0 Å². The lowest BCUT2D eigenvalue weighted by Crippen LogP contribution is -2.29. The summed E-state index contributed by atoms with van der Waals surface area (Å²) in [5, 5.41) is 11.9. The number of methoxy groups -OCH3 is 1. The first-order chi connectivity index (χ1) is 17.1. The lowest BCUT2D eigenvalue weighted by atomic mass is 9.94. The highest BCUT2D eigenvalue weighted by molar-refractivity contribution is 6.51. The van der Waals surface area contributed by atoms with Crippen LogP contribution in [0.4, 0.5) is 5.69 Å². The fourth-order valence-corrected chi connectivity index (χ4v) is 4.45. The van der Waals surface area contributed by atoms with Gasteiger partial charge in [-0.3, -0.25) is 14.5 Å². The third-order valence-electron chi connectivity index (χ3n) is 6.12. The minimum Gasteiger partial charge on any atom is -0.507 e. The van der Waals surface area contributed by atoms with Crippen molar-refractivity contribution < 1.29 is 24.2 Å². The van der Waals surface area contributed by atoms with Crippen LogP contribution in [0.25, 0.3) is 5.76 Å². The van der Waals surface area contributed by atoms with E-state index in [-0.39, 0.29) is 17.4 Å². The summed E-state index contributed by atoms with van der Waals surface area (Å²) in [4.78, 5) is 28.1. The van der Waals surface area contributed by atoms with Gasteiger partial charge < -0.3 is 14.6 Å². The van der Waals surface area contributed by atoms with Crippen LogP contribution in [-0.2, 0) is 9.59 Å². The number of rotatable bonds is 6. The molecule has 0 aliphatic carbocycles. The van der Waals surface area contributed by atoms with Crippen molar-refractivity contribution in [2.24, 2.45) is 0 Å². The minimum atomic E-state index is -0.860. The lowest BCUT2D eigenvalue weighted by Gasteiger charge is -2.26. The fraction of sp³-hybridized carbons (Fsp3) is 0.241. The van der Waals surface area contributed by atoms with E-state index < -0.39 is 17.7 Å². The SMILES string of the molecule is COc1ccc(C2/C(=C(\O)c3ccc(OC(C)C)c(C)c3)C(=O)C(=O)N2c2ccc(C)c(Cl)c2)cc1. The zero-order valence-corrected chi connectivity index (χ0v) is 21.6. The molecule has 1 aliphatic heterocycles. The second-order valence-electron chi connectivity index (χ2n) is 9.02. The van der Waals surface area contributed by atoms with Crippen LogP contribution in [-0.4, -0.2) is 30.0 Å². The van der Waals surface area contributed by atoms with Crippen LogP contribution in [0.1, 0.15) is 42.1 Å². The van der Waals surface area contributed by atoms with Crippen LogP contribution < -0.4 is 14.4 Å². The number of anilines is 1. The van der Waals surface area contributed by atoms with E-state index in [0.29, 0.717) is 33.3 Å². The number of amides is 1. The number of aryl methyl sites for hydroxylation is 2. The molecule has 4 rings (SSSR count). The summed E-state index contributed by atoms with van der Waals surface area (Å²) in [6.45, 7) is 7.58. The van der Waals surface area contributed by atoms with Gasteiger partial charge in [0.2, 0.25) is 0 Å². The highest BCUT2D eigenvalue weighted by atomic mass is 35.5. The number of halogens is 1. The van der Waals surface area contributed by atoms with Gasteiger partial charge in [-0.05, 0) is 86.8 Å². The molecule has 1 heterocycles. The highest BCUT2D eigenvalue weighted by Gasteiger charge is 2.47. The Kier molecular flexibility index (Phi) is 7.09. The molecule has 0 spiro atoms. The van der Waals surface area contributed by atoms with Crippen molar-refractivity contribution in [2.75, 3.05) is 12.0 Å². The number of ketones is 1. The Morgan fingerprint density at radius 2 is 1.67 bits per heavy atom. The number of hydrogen-bond acceptors (Lipinski definition) is 5. The molecule has 0 aromatic heterocycles. The lowest BCUT2D eigenvalue weighted by molar-refractivity contribution is -0.132. The average Bonchev–Trinajstić information content (AvgIpc) is 3.12. The molecule has 1 amide bonds. The van der Waals surface area contributed by atoms with Gasteiger partial charge >= 0.3 is 0 Å². The Morgan fingerprint density at radius 1 is 0.972 bits per heavy atom. The predicted octanol–water partition coefficient (Wildman–Crippen LogP) is 6.38. The molecule has 1 N–H and O–H groups in total. The Balaban J connectivity index is 1.90. The smallest absolute Gasteiger partial charge is 0.300 e. The van der Waals surface area contributed by atoms with Gasteiger partial charge in [-0.15, -0.1) is 0 Å². The highest BCUT2D eigenvalue weighted by Crippen LogP contribution is 2.43. The summed E-state index contributed by atoms with van der Waals surface area (Å²) in [6, 6.07) is 16.6. The van der Waals surface area contributed by atoms with Gasteiger partial charge in [0.05, 0.1) is 24.8 Å². The molecule has 0 bridgehead atoms. The number of aliphatic hydroxyl groups excluding tert-OH is 1. The van der Waals surface area contributed by atoms with Crippen molar-refractivity contribution in [1.82, 2.24) is 0 Å². The standard InChI is InChI=1S/C29H28ClNO5/c1-16(2)36-24-13-9-20(14-18(24)4)27(32)25-26(19-7-11-22(35-5)12-8-19)31(29(34)28(25)33)21-10-6-17(3)23(30)15-21/h6-16,26,32H,1-5H3/b27-25+. The topological polar surface area (TPSA) is 76.1 Å². The maximum absolute atomic E-state index is 13.4. The summed E-state index contributed by atoms with van der Waals surface area (Å²) in [6.07, 6.45) is -0.00937. The molecule has 1 atom stereocenters. The molecule has 186 valence electrons. The zero-order valence-electron chi connectivity index (χ0n) is 20.8. The van der Waals surface area contributed by atoms with Gasteiger partial charge in [0.25, 0.3) is 11.7 Å². The second kappa shape index (κ2) is 10.1. The molecule has 3 aromatic carbocycles. The van der Waals surface area contributed by atoms with E-state index in [0.717, 1.165) is 11.1 Å². The van der Waals surface area contributed by atoms with Crippen molar-refractivity contribution in [1.29, 1.82) is 0 Å². The van der Waals surface area contributed by atoms with Crippen LogP contribution in [0.15, 0.2) is 66.2 Å². The van der Waals surface area contributed by atoms with E-state index in [1.165, 1.54) is 4.90 Å². The number of carbonyl (C=O) groups excluding carboxylic acids is 2. The van der Waals surface area contributed by atoms with E-state index in [9.17, 15) is 14.7 Å². The number of ether oxygens (including phenoxy) is 2. The largest absolute Gasteiger partial charge is 0.507 e. The predicted molar refractivity (Wildman–Crippen MR) is 141 cm³/mol. The van der Waals surface area contributed by atoms with Gasteiger partial charge in [0.15, 0.2) is 0 Å². The zero-order chi connectivity index (χ0) is 26.1. The van der Waals surface area contributed by atoms with Gasteiger partial charge in [0, 0.05) is 16.3 Å². The van der Waals surface area contributed by atoms with E-state index in [4.69, 9.17) is 21.1 Å². The van der Waals surface area contributed by atoms with Crippen molar-refractivity contribution in [2.45, 2.75) is 39.8 Å². The number of hydrogen-bond donors (Lipinski definition) is 1. The van der Waals surface area contributed by atoms with Gasteiger partial charge in [-0.2, -0.15) is 0 Å². The molecule has 0 radical (unpaired) electrons. The average molecular weight is 506 g/mol. The monoisotopic (exact) mass is 505 g/mol. The molecule has 1 aliphatic rings. The molecule has 36 heavy (non-hydrogen) atoms. The molecular weight excluding hydrogens is 478 g/mol. The van der Waals surface area contributed by atoms with Crippen LogP contribution in [0.5, 0.6) is 11.5 Å². The minimum absolute atomic E-state index is 0.00112. The first-order valence-electron chi connectivity index (χ1n) is 11.6. The molecule has 6 nitrogen and oxygen atoms in total. The molecule has 0 saturated carbocycles. The maximum Gasteiger partial charge on any atom is 0.300 e. The molecule has 7 heteroatoms. The summed E-state index contributed by atoms with van der Waals surface area (Å²) in [7, 11) is 1.56. The van der Waals surface area contributed by atoms with E-state index in [2.05, 4.69) is 0 Å². The van der Waals surface area contributed by atoms with E-state index in [1.54, 1.807) is 67.8 Å². The number of Topliss-reactive ketones (excluding diaryl/α,β-unsaturated/α-hetero) is 1. The maximum atomic E-state index is 13.4. The number of nitrogens with zero attached hydrogens (tertiary/aromatic N) is 1. The Bertz CT molecular complexity index is 1360. The first kappa shape index (κ1) is 25.3. The molecule has 1 fully saturated rings. The van der Waals surface area contributed by atoms with Crippen molar-refractivity contribution >= 4 is 34.7 Å².